The fourth-order valence-electron chi connectivity index (χ4n) is 1.77. The minimum absolute atomic E-state index is 0.0106. The van der Waals surface area contributed by atoms with Gasteiger partial charge in [-0.1, -0.05) is 0 Å². The van der Waals surface area contributed by atoms with Gasteiger partial charge in [0.2, 0.25) is 0 Å². The predicted octanol–water partition coefficient (Wildman–Crippen LogP) is 3.89. The number of rotatable bonds is 4. The molecule has 2 aromatic rings. The van der Waals surface area contributed by atoms with Gasteiger partial charge in [0.1, 0.15) is 11.5 Å². The Balaban J connectivity index is 2.39. The first-order valence-electron chi connectivity index (χ1n) is 6.14. The number of benzene rings is 2. The summed E-state index contributed by atoms with van der Waals surface area (Å²) >= 11 is 0. The summed E-state index contributed by atoms with van der Waals surface area (Å²) in [5.41, 5.74) is -1.81. The summed E-state index contributed by atoms with van der Waals surface area (Å²) in [4.78, 5) is 21.5. The molecule has 0 saturated carbocycles. The summed E-state index contributed by atoms with van der Waals surface area (Å²) in [6.45, 7) is 0. The molecule has 5 nitrogen and oxygen atoms in total. The Morgan fingerprint density at radius 3 is 1.87 bits per heavy atom. The van der Waals surface area contributed by atoms with Crippen LogP contribution in [0.4, 0.5) is 13.2 Å². The zero-order valence-corrected chi connectivity index (χ0v) is 11.3. The molecule has 2 N–H and O–H groups in total. The monoisotopic (exact) mass is 326 g/mol. The highest BCUT2D eigenvalue weighted by Crippen LogP contribution is 2.38. The topological polar surface area (TPSA) is 83.8 Å². The molecule has 0 bridgehead atoms. The van der Waals surface area contributed by atoms with Crippen LogP contribution in [0.5, 0.6) is 11.5 Å². The average Bonchev–Trinajstić information content (AvgIpc) is 2.46. The fourth-order valence-corrected chi connectivity index (χ4v) is 1.77. The number of hydrogen-bond donors (Lipinski definition) is 2. The minimum atomic E-state index is -4.80. The van der Waals surface area contributed by atoms with E-state index in [-0.39, 0.29) is 11.3 Å². The molecule has 2 rings (SSSR count). The maximum Gasteiger partial charge on any atom is 0.420 e. The fraction of sp³-hybridized carbons (Fsp3) is 0.0667. The molecule has 0 spiro atoms. The van der Waals surface area contributed by atoms with Crippen molar-refractivity contribution in [2.75, 3.05) is 0 Å². The molecular formula is C15H9F3O5. The number of halogens is 3. The van der Waals surface area contributed by atoms with Crippen molar-refractivity contribution >= 4 is 11.9 Å². The summed E-state index contributed by atoms with van der Waals surface area (Å²) in [5, 5.41) is 17.5. The van der Waals surface area contributed by atoms with Crippen molar-refractivity contribution in [3.05, 3.63) is 59.2 Å². The van der Waals surface area contributed by atoms with Gasteiger partial charge in [0.05, 0.1) is 16.7 Å². The van der Waals surface area contributed by atoms with Crippen LogP contribution < -0.4 is 4.74 Å². The Labute approximate surface area is 127 Å². The number of ether oxygens (including phenoxy) is 1. The predicted molar refractivity (Wildman–Crippen MR) is 71.9 cm³/mol. The summed E-state index contributed by atoms with van der Waals surface area (Å²) in [7, 11) is 0. The molecule has 0 aliphatic carbocycles. The van der Waals surface area contributed by atoms with Gasteiger partial charge in [-0.25, -0.2) is 9.59 Å². The van der Waals surface area contributed by atoms with E-state index >= 15 is 0 Å². The molecule has 0 heterocycles. The van der Waals surface area contributed by atoms with E-state index in [0.29, 0.717) is 6.07 Å². The molecule has 2 aromatic carbocycles. The van der Waals surface area contributed by atoms with E-state index in [9.17, 15) is 22.8 Å². The quantitative estimate of drug-likeness (QED) is 0.890. The molecule has 0 amide bonds. The Hall–Kier alpha value is -3.03. The van der Waals surface area contributed by atoms with Crippen LogP contribution >= 0.6 is 0 Å². The first-order chi connectivity index (χ1) is 10.7. The normalized spacial score (nSPS) is 11.1. The van der Waals surface area contributed by atoms with Gasteiger partial charge in [-0.05, 0) is 42.5 Å². The molecule has 0 saturated heterocycles. The van der Waals surface area contributed by atoms with Crippen molar-refractivity contribution < 1.29 is 37.7 Å². The van der Waals surface area contributed by atoms with Crippen molar-refractivity contribution in [3.63, 3.8) is 0 Å². The summed E-state index contributed by atoms with van der Waals surface area (Å²) in [5.74, 6) is -3.26. The maximum absolute atomic E-state index is 13.0. The van der Waals surface area contributed by atoms with Gasteiger partial charge in [-0.2, -0.15) is 13.2 Å². The lowest BCUT2D eigenvalue weighted by Crippen LogP contribution is -2.09. The molecule has 0 atom stereocenters. The lowest BCUT2D eigenvalue weighted by molar-refractivity contribution is -0.138. The average molecular weight is 326 g/mol. The largest absolute Gasteiger partial charge is 0.478 e. The van der Waals surface area contributed by atoms with E-state index in [0.717, 1.165) is 12.1 Å². The van der Waals surface area contributed by atoms with Crippen molar-refractivity contribution in [1.29, 1.82) is 0 Å². The third kappa shape index (κ3) is 3.79. The molecule has 0 unspecified atom stereocenters. The summed E-state index contributed by atoms with van der Waals surface area (Å²) in [6, 6.07) is 7.12. The standard InChI is InChI=1S/C15H9F3O5/c16-15(17,18)11-7-9(14(21)22)3-6-12(11)23-10-4-1-8(2-5-10)13(19)20/h1-7H,(H,19,20)(H,21,22). The molecule has 8 heteroatoms. The minimum Gasteiger partial charge on any atom is -0.478 e. The SMILES string of the molecule is O=C(O)c1ccc(Oc2ccc(C(=O)O)cc2C(F)(F)F)cc1. The third-order valence-corrected chi connectivity index (χ3v) is 2.86. The van der Waals surface area contributed by atoms with Gasteiger partial charge < -0.3 is 14.9 Å². The number of carboxylic acids is 2. The zero-order valence-electron chi connectivity index (χ0n) is 11.3. The smallest absolute Gasteiger partial charge is 0.420 e. The molecule has 23 heavy (non-hydrogen) atoms. The van der Waals surface area contributed by atoms with E-state index in [2.05, 4.69) is 0 Å². The molecule has 0 aliphatic rings. The van der Waals surface area contributed by atoms with E-state index < -0.39 is 35.0 Å². The molecule has 0 aromatic heterocycles. The number of carbonyl (C=O) groups is 2. The van der Waals surface area contributed by atoms with Crippen LogP contribution in [0.15, 0.2) is 42.5 Å². The van der Waals surface area contributed by atoms with Crippen LogP contribution in [0.1, 0.15) is 26.3 Å². The second-order valence-corrected chi connectivity index (χ2v) is 4.45. The van der Waals surface area contributed by atoms with Crippen LogP contribution in [-0.4, -0.2) is 22.2 Å². The zero-order chi connectivity index (χ0) is 17.2. The Morgan fingerprint density at radius 2 is 1.39 bits per heavy atom. The Kier molecular flexibility index (Phi) is 4.26. The van der Waals surface area contributed by atoms with Crippen LogP contribution in [0.3, 0.4) is 0 Å². The van der Waals surface area contributed by atoms with Crippen molar-refractivity contribution in [3.8, 4) is 11.5 Å². The van der Waals surface area contributed by atoms with Crippen LogP contribution in [0, 0.1) is 0 Å². The number of aromatic carboxylic acids is 2. The van der Waals surface area contributed by atoms with E-state index in [1.165, 1.54) is 24.3 Å². The maximum atomic E-state index is 13.0. The third-order valence-electron chi connectivity index (χ3n) is 2.86. The molecule has 0 aliphatic heterocycles. The van der Waals surface area contributed by atoms with Gasteiger partial charge in [-0.15, -0.1) is 0 Å². The highest BCUT2D eigenvalue weighted by molar-refractivity contribution is 5.88. The number of alkyl halides is 3. The van der Waals surface area contributed by atoms with Gasteiger partial charge in [-0.3, -0.25) is 0 Å². The molecule has 0 fully saturated rings. The van der Waals surface area contributed by atoms with Crippen LogP contribution in [-0.2, 0) is 6.18 Å². The highest BCUT2D eigenvalue weighted by Gasteiger charge is 2.35. The summed E-state index contributed by atoms with van der Waals surface area (Å²) < 4.78 is 44.1. The number of carboxylic acid groups (broad SMARTS) is 2. The molecular weight excluding hydrogens is 317 g/mol. The Morgan fingerprint density at radius 1 is 0.870 bits per heavy atom. The lowest BCUT2D eigenvalue weighted by Gasteiger charge is -2.14. The highest BCUT2D eigenvalue weighted by atomic mass is 19.4. The second kappa shape index (κ2) is 5.99. The van der Waals surface area contributed by atoms with Crippen molar-refractivity contribution in [2.45, 2.75) is 6.18 Å². The Bertz CT molecular complexity index is 751. The first kappa shape index (κ1) is 16.3. The second-order valence-electron chi connectivity index (χ2n) is 4.45. The molecule has 0 radical (unpaired) electrons. The van der Waals surface area contributed by atoms with Gasteiger partial charge >= 0.3 is 18.1 Å². The summed E-state index contributed by atoms with van der Waals surface area (Å²) in [6.07, 6.45) is -4.80. The van der Waals surface area contributed by atoms with E-state index in [1.54, 1.807) is 0 Å². The first-order valence-corrected chi connectivity index (χ1v) is 6.14. The molecule has 120 valence electrons. The van der Waals surface area contributed by atoms with Crippen molar-refractivity contribution in [1.82, 2.24) is 0 Å². The van der Waals surface area contributed by atoms with Gasteiger partial charge in [0.25, 0.3) is 0 Å². The van der Waals surface area contributed by atoms with E-state index in [1.807, 2.05) is 0 Å². The number of hydrogen-bond acceptors (Lipinski definition) is 3. The van der Waals surface area contributed by atoms with E-state index in [4.69, 9.17) is 14.9 Å². The van der Waals surface area contributed by atoms with Crippen molar-refractivity contribution in [2.24, 2.45) is 0 Å². The lowest BCUT2D eigenvalue weighted by atomic mass is 10.1. The van der Waals surface area contributed by atoms with Gasteiger partial charge in [0.15, 0.2) is 0 Å². The van der Waals surface area contributed by atoms with Crippen LogP contribution in [0.25, 0.3) is 0 Å². The van der Waals surface area contributed by atoms with Crippen LogP contribution in [0.2, 0.25) is 0 Å². The van der Waals surface area contributed by atoms with Gasteiger partial charge in [0, 0.05) is 0 Å².